The molecular formula is C22H30ClN3O3. The Morgan fingerprint density at radius 3 is 2.55 bits per heavy atom. The number of nitrogens with zero attached hydrogens (tertiary/aromatic N) is 2. The summed E-state index contributed by atoms with van der Waals surface area (Å²) in [6.45, 7) is 5.60. The zero-order valence-corrected chi connectivity index (χ0v) is 18.0. The molecule has 0 atom stereocenters. The van der Waals surface area contributed by atoms with Gasteiger partial charge in [-0.3, -0.25) is 9.59 Å². The molecule has 1 heterocycles. The predicted octanol–water partition coefficient (Wildman–Crippen LogP) is 5.08. The van der Waals surface area contributed by atoms with Crippen molar-refractivity contribution in [2.24, 2.45) is 0 Å². The van der Waals surface area contributed by atoms with Crippen molar-refractivity contribution in [2.45, 2.75) is 58.9 Å². The normalized spacial score (nSPS) is 10.7. The van der Waals surface area contributed by atoms with Crippen LogP contribution in [0.25, 0.3) is 0 Å². The molecular weight excluding hydrogens is 390 g/mol. The minimum atomic E-state index is -0.258. The van der Waals surface area contributed by atoms with Gasteiger partial charge in [-0.1, -0.05) is 63.3 Å². The van der Waals surface area contributed by atoms with Crippen molar-refractivity contribution in [3.05, 3.63) is 52.7 Å². The maximum absolute atomic E-state index is 13.0. The first-order chi connectivity index (χ1) is 14.1. The fourth-order valence-electron chi connectivity index (χ4n) is 2.93. The number of amides is 2. The van der Waals surface area contributed by atoms with Crippen molar-refractivity contribution in [3.63, 3.8) is 0 Å². The Kier molecular flexibility index (Phi) is 9.71. The van der Waals surface area contributed by atoms with Crippen LogP contribution in [0, 0.1) is 0 Å². The largest absolute Gasteiger partial charge is 0.446 e. The van der Waals surface area contributed by atoms with Gasteiger partial charge >= 0.3 is 0 Å². The highest BCUT2D eigenvalue weighted by atomic mass is 35.5. The van der Waals surface area contributed by atoms with Gasteiger partial charge in [-0.25, -0.2) is 4.98 Å². The Hall–Kier alpha value is -2.34. The van der Waals surface area contributed by atoms with Crippen LogP contribution < -0.4 is 5.32 Å². The SMILES string of the molecule is CCCCCNC(=O)c1coc(CN(CCCCC)C(=O)c2ccccc2Cl)n1. The molecule has 0 fully saturated rings. The Labute approximate surface area is 177 Å². The highest BCUT2D eigenvalue weighted by Crippen LogP contribution is 2.19. The second-order valence-electron chi connectivity index (χ2n) is 7.00. The Morgan fingerprint density at radius 2 is 1.83 bits per heavy atom. The quantitative estimate of drug-likeness (QED) is 0.486. The van der Waals surface area contributed by atoms with Gasteiger partial charge in [-0.15, -0.1) is 0 Å². The molecule has 2 rings (SSSR count). The molecule has 0 spiro atoms. The molecule has 0 aliphatic rings. The summed E-state index contributed by atoms with van der Waals surface area (Å²) in [7, 11) is 0. The first kappa shape index (κ1) is 22.9. The Balaban J connectivity index is 2.05. The number of aromatic nitrogens is 1. The van der Waals surface area contributed by atoms with Crippen LogP contribution in [0.15, 0.2) is 34.9 Å². The molecule has 29 heavy (non-hydrogen) atoms. The van der Waals surface area contributed by atoms with E-state index in [9.17, 15) is 9.59 Å². The molecule has 0 saturated heterocycles. The molecule has 0 aliphatic heterocycles. The predicted molar refractivity (Wildman–Crippen MR) is 114 cm³/mol. The molecule has 1 N–H and O–H groups in total. The molecule has 1 aromatic heterocycles. The van der Waals surface area contributed by atoms with Gasteiger partial charge in [0.2, 0.25) is 5.89 Å². The number of carbonyl (C=O) groups excluding carboxylic acids is 2. The average molecular weight is 420 g/mol. The Morgan fingerprint density at radius 1 is 1.10 bits per heavy atom. The van der Waals surface area contributed by atoms with Crippen LogP contribution in [-0.2, 0) is 6.54 Å². The van der Waals surface area contributed by atoms with Crippen LogP contribution in [0.3, 0.4) is 0 Å². The maximum atomic E-state index is 13.0. The molecule has 6 nitrogen and oxygen atoms in total. The van der Waals surface area contributed by atoms with Crippen LogP contribution in [0.1, 0.15) is 79.1 Å². The molecule has 2 amide bonds. The van der Waals surface area contributed by atoms with Gasteiger partial charge in [0.05, 0.1) is 17.1 Å². The lowest BCUT2D eigenvalue weighted by Gasteiger charge is -2.21. The van der Waals surface area contributed by atoms with Crippen LogP contribution in [0.2, 0.25) is 5.02 Å². The first-order valence-electron chi connectivity index (χ1n) is 10.3. The van der Waals surface area contributed by atoms with Crippen molar-refractivity contribution in [1.29, 1.82) is 0 Å². The molecule has 1 aromatic carbocycles. The Bertz CT molecular complexity index is 791. The fourth-order valence-corrected chi connectivity index (χ4v) is 3.15. The van der Waals surface area contributed by atoms with Gasteiger partial charge < -0.3 is 14.6 Å². The summed E-state index contributed by atoms with van der Waals surface area (Å²) in [4.78, 5) is 31.1. The van der Waals surface area contributed by atoms with E-state index in [1.54, 1.807) is 29.2 Å². The van der Waals surface area contributed by atoms with E-state index in [-0.39, 0.29) is 24.1 Å². The zero-order valence-electron chi connectivity index (χ0n) is 17.2. The summed E-state index contributed by atoms with van der Waals surface area (Å²) in [5.41, 5.74) is 0.682. The molecule has 0 radical (unpaired) electrons. The highest BCUT2D eigenvalue weighted by Gasteiger charge is 2.21. The maximum Gasteiger partial charge on any atom is 0.273 e. The third kappa shape index (κ3) is 7.20. The molecule has 7 heteroatoms. The number of rotatable bonds is 12. The van der Waals surface area contributed by atoms with Crippen LogP contribution >= 0.6 is 11.6 Å². The number of nitrogens with one attached hydrogen (secondary N) is 1. The summed E-state index contributed by atoms with van der Waals surface area (Å²) >= 11 is 6.20. The van der Waals surface area contributed by atoms with E-state index in [1.807, 2.05) is 0 Å². The summed E-state index contributed by atoms with van der Waals surface area (Å²) < 4.78 is 5.47. The second-order valence-corrected chi connectivity index (χ2v) is 7.41. The lowest BCUT2D eigenvalue weighted by atomic mass is 10.1. The smallest absolute Gasteiger partial charge is 0.273 e. The molecule has 158 valence electrons. The minimum Gasteiger partial charge on any atom is -0.446 e. The molecule has 2 aromatic rings. The van der Waals surface area contributed by atoms with Crippen molar-refractivity contribution in [1.82, 2.24) is 15.2 Å². The van der Waals surface area contributed by atoms with E-state index in [0.29, 0.717) is 29.6 Å². The van der Waals surface area contributed by atoms with E-state index < -0.39 is 0 Å². The number of unbranched alkanes of at least 4 members (excludes halogenated alkanes) is 4. The summed E-state index contributed by atoms with van der Waals surface area (Å²) in [6.07, 6.45) is 7.38. The number of hydrogen-bond acceptors (Lipinski definition) is 4. The van der Waals surface area contributed by atoms with Gasteiger partial charge in [-0.2, -0.15) is 0 Å². The third-order valence-corrected chi connectivity index (χ3v) is 4.93. The monoisotopic (exact) mass is 419 g/mol. The second kappa shape index (κ2) is 12.3. The average Bonchev–Trinajstić information content (AvgIpc) is 3.19. The summed E-state index contributed by atoms with van der Waals surface area (Å²) in [6, 6.07) is 6.99. The van der Waals surface area contributed by atoms with Gasteiger partial charge in [0.1, 0.15) is 6.26 Å². The van der Waals surface area contributed by atoms with E-state index >= 15 is 0 Å². The lowest BCUT2D eigenvalue weighted by molar-refractivity contribution is 0.0725. The standard InChI is InChI=1S/C22H30ClN3O3/c1-3-5-9-13-24-21(27)19-16-29-20(25-19)15-26(14-10-6-4-2)22(28)17-11-7-8-12-18(17)23/h7-8,11-12,16H,3-6,9-10,13-15H2,1-2H3,(H,24,27). The van der Waals surface area contributed by atoms with Crippen molar-refractivity contribution in [3.8, 4) is 0 Å². The zero-order chi connectivity index (χ0) is 21.1. The molecule has 0 saturated carbocycles. The van der Waals surface area contributed by atoms with E-state index in [4.69, 9.17) is 16.0 Å². The molecule has 0 bridgehead atoms. The molecule has 0 aliphatic carbocycles. The van der Waals surface area contributed by atoms with E-state index in [2.05, 4.69) is 24.1 Å². The number of oxazole rings is 1. The number of halogens is 1. The molecule has 0 unspecified atom stereocenters. The highest BCUT2D eigenvalue weighted by molar-refractivity contribution is 6.33. The van der Waals surface area contributed by atoms with E-state index in [1.165, 1.54) is 6.26 Å². The number of hydrogen-bond donors (Lipinski definition) is 1. The first-order valence-corrected chi connectivity index (χ1v) is 10.7. The van der Waals surface area contributed by atoms with Crippen molar-refractivity contribution >= 4 is 23.4 Å². The number of benzene rings is 1. The topological polar surface area (TPSA) is 75.4 Å². The lowest BCUT2D eigenvalue weighted by Crippen LogP contribution is -2.32. The van der Waals surface area contributed by atoms with Crippen LogP contribution in [0.4, 0.5) is 0 Å². The number of carbonyl (C=O) groups is 2. The van der Waals surface area contributed by atoms with Gasteiger partial charge in [0, 0.05) is 13.1 Å². The van der Waals surface area contributed by atoms with Gasteiger partial charge in [0.15, 0.2) is 5.69 Å². The minimum absolute atomic E-state index is 0.171. The van der Waals surface area contributed by atoms with Crippen molar-refractivity contribution < 1.29 is 14.0 Å². The van der Waals surface area contributed by atoms with Gasteiger partial charge in [0.25, 0.3) is 11.8 Å². The van der Waals surface area contributed by atoms with Crippen LogP contribution in [0.5, 0.6) is 0 Å². The van der Waals surface area contributed by atoms with Crippen molar-refractivity contribution in [2.75, 3.05) is 13.1 Å². The van der Waals surface area contributed by atoms with E-state index in [0.717, 1.165) is 38.5 Å². The fraction of sp³-hybridized carbons (Fsp3) is 0.500. The third-order valence-electron chi connectivity index (χ3n) is 4.60. The van der Waals surface area contributed by atoms with Gasteiger partial charge in [-0.05, 0) is 25.0 Å². The summed E-state index contributed by atoms with van der Waals surface area (Å²) in [5, 5.41) is 3.25. The van der Waals surface area contributed by atoms with Crippen LogP contribution in [-0.4, -0.2) is 34.8 Å². The summed E-state index contributed by atoms with van der Waals surface area (Å²) in [5.74, 6) is -0.0952.